The molecule has 0 bridgehead atoms. The number of hydrogen-bond acceptors (Lipinski definition) is 10. The SMILES string of the molecule is CC(=O)OCC1(C)C=C2C(=O)C(C)(O)C3(CC3)C(C)=C2C1OC(=O)N(C)CCN(C)C(=O)CNC(=O)CNC(=O)CN. The average Bonchev–Trinajstić information content (AvgIpc) is 3.71. The van der Waals surface area contributed by atoms with Crippen LogP contribution in [0.1, 0.15) is 40.5 Å². The molecule has 3 unspecified atom stereocenters. The number of nitrogens with two attached hydrogens (primary N) is 1. The van der Waals surface area contributed by atoms with Crippen molar-refractivity contribution in [3.05, 3.63) is 22.8 Å². The van der Waals surface area contributed by atoms with Crippen LogP contribution in [0.2, 0.25) is 0 Å². The molecule has 14 nitrogen and oxygen atoms in total. The van der Waals surface area contributed by atoms with Crippen molar-refractivity contribution < 1.29 is 43.3 Å². The molecule has 0 radical (unpaired) electrons. The number of nitrogens with zero attached hydrogens (tertiary/aromatic N) is 2. The molecule has 0 aliphatic heterocycles. The molecular weight excluding hydrogens is 550 g/mol. The Balaban J connectivity index is 1.67. The number of rotatable bonds is 11. The van der Waals surface area contributed by atoms with Gasteiger partial charge in [-0.25, -0.2) is 4.79 Å². The van der Waals surface area contributed by atoms with E-state index in [9.17, 15) is 33.9 Å². The Labute approximate surface area is 244 Å². The summed E-state index contributed by atoms with van der Waals surface area (Å²) in [5.41, 5.74) is 3.35. The summed E-state index contributed by atoms with van der Waals surface area (Å²) in [4.78, 5) is 76.3. The van der Waals surface area contributed by atoms with Gasteiger partial charge in [-0.15, -0.1) is 0 Å². The molecule has 1 saturated carbocycles. The van der Waals surface area contributed by atoms with Crippen LogP contribution in [0.4, 0.5) is 4.79 Å². The van der Waals surface area contributed by atoms with E-state index in [1.807, 2.05) is 6.92 Å². The summed E-state index contributed by atoms with van der Waals surface area (Å²) in [7, 11) is 3.01. The summed E-state index contributed by atoms with van der Waals surface area (Å²) in [6, 6.07) is 0. The van der Waals surface area contributed by atoms with E-state index in [1.54, 1.807) is 13.0 Å². The van der Waals surface area contributed by atoms with Crippen LogP contribution in [-0.2, 0) is 33.4 Å². The zero-order valence-electron chi connectivity index (χ0n) is 25.0. The zero-order chi connectivity index (χ0) is 31.6. The van der Waals surface area contributed by atoms with Gasteiger partial charge in [0.25, 0.3) is 0 Å². The molecule has 232 valence electrons. The normalized spacial score (nSPS) is 25.3. The number of hydrogen-bond donors (Lipinski definition) is 4. The van der Waals surface area contributed by atoms with E-state index in [-0.39, 0.29) is 44.9 Å². The van der Waals surface area contributed by atoms with Crippen LogP contribution in [0.25, 0.3) is 0 Å². The van der Waals surface area contributed by atoms with Gasteiger partial charge in [0.1, 0.15) is 18.3 Å². The highest BCUT2D eigenvalue weighted by Crippen LogP contribution is 2.65. The Bertz CT molecular complexity index is 1240. The highest BCUT2D eigenvalue weighted by molar-refractivity contribution is 6.09. The van der Waals surface area contributed by atoms with Crippen molar-refractivity contribution in [3.8, 4) is 0 Å². The fraction of sp³-hybridized carbons (Fsp3) is 0.643. The first-order valence-electron chi connectivity index (χ1n) is 13.7. The van der Waals surface area contributed by atoms with Crippen LogP contribution < -0.4 is 16.4 Å². The van der Waals surface area contributed by atoms with Crippen LogP contribution in [0.5, 0.6) is 0 Å². The number of amides is 4. The Kier molecular flexibility index (Phi) is 9.52. The van der Waals surface area contributed by atoms with Gasteiger partial charge in [0.2, 0.25) is 17.7 Å². The maximum absolute atomic E-state index is 13.4. The van der Waals surface area contributed by atoms with Crippen LogP contribution in [0.3, 0.4) is 0 Å². The van der Waals surface area contributed by atoms with Gasteiger partial charge in [0, 0.05) is 50.7 Å². The third-order valence-corrected chi connectivity index (χ3v) is 8.50. The van der Waals surface area contributed by atoms with Gasteiger partial charge in [0.15, 0.2) is 5.78 Å². The minimum Gasteiger partial charge on any atom is -0.465 e. The molecule has 42 heavy (non-hydrogen) atoms. The standard InChI is InChI=1S/C28H41N5O9/c1-16-22-18(23(38)27(4,40)28(16)7-8-28)11-26(3,15-41-17(2)34)24(22)42-25(39)33(6)10-9-32(5)21(37)14-31-20(36)13-30-19(35)12-29/h11,24,40H,7-10,12-15,29H2,1-6H3,(H,30,35)(H,31,36). The molecule has 0 heterocycles. The van der Waals surface area contributed by atoms with Crippen molar-refractivity contribution in [1.29, 1.82) is 0 Å². The van der Waals surface area contributed by atoms with Crippen molar-refractivity contribution in [3.63, 3.8) is 0 Å². The summed E-state index contributed by atoms with van der Waals surface area (Å²) in [6.07, 6.45) is 1.20. The minimum absolute atomic E-state index is 0.0881. The lowest BCUT2D eigenvalue weighted by Gasteiger charge is -2.40. The second-order valence-corrected chi connectivity index (χ2v) is 11.6. The highest BCUT2D eigenvalue weighted by Gasteiger charge is 2.67. The van der Waals surface area contributed by atoms with Gasteiger partial charge >= 0.3 is 12.1 Å². The molecule has 1 fully saturated rings. The number of ketones is 1. The number of fused-ring (bicyclic) bond motifs is 1. The molecule has 3 rings (SSSR count). The molecular formula is C28H41N5O9. The van der Waals surface area contributed by atoms with Gasteiger partial charge in [-0.1, -0.05) is 11.6 Å². The van der Waals surface area contributed by atoms with E-state index < -0.39 is 58.1 Å². The van der Waals surface area contributed by atoms with E-state index in [0.717, 1.165) is 5.57 Å². The van der Waals surface area contributed by atoms with Crippen molar-refractivity contribution >= 4 is 35.6 Å². The quantitative estimate of drug-likeness (QED) is 0.217. The predicted molar refractivity (Wildman–Crippen MR) is 148 cm³/mol. The topological polar surface area (TPSA) is 198 Å². The summed E-state index contributed by atoms with van der Waals surface area (Å²) >= 11 is 0. The zero-order valence-corrected chi connectivity index (χ0v) is 25.0. The minimum atomic E-state index is -1.60. The first kappa shape index (κ1) is 32.7. The first-order valence-corrected chi connectivity index (χ1v) is 13.7. The van der Waals surface area contributed by atoms with Crippen molar-refractivity contribution in [1.82, 2.24) is 20.4 Å². The molecule has 4 amide bonds. The van der Waals surface area contributed by atoms with Crippen molar-refractivity contribution in [2.24, 2.45) is 16.6 Å². The van der Waals surface area contributed by atoms with E-state index >= 15 is 0 Å². The molecule has 0 aromatic carbocycles. The lowest BCUT2D eigenvalue weighted by Crippen LogP contribution is -2.50. The summed E-state index contributed by atoms with van der Waals surface area (Å²) in [5, 5.41) is 15.9. The fourth-order valence-electron chi connectivity index (χ4n) is 5.53. The number of carbonyl (C=O) groups is 6. The predicted octanol–water partition coefficient (Wildman–Crippen LogP) is -0.987. The number of Topliss-reactive ketones (excluding diaryl/α,β-unsaturated/α-hetero) is 1. The van der Waals surface area contributed by atoms with Gasteiger partial charge in [-0.2, -0.15) is 0 Å². The maximum Gasteiger partial charge on any atom is 0.410 e. The van der Waals surface area contributed by atoms with Gasteiger partial charge in [-0.3, -0.25) is 24.0 Å². The average molecular weight is 592 g/mol. The number of esters is 1. The van der Waals surface area contributed by atoms with E-state index in [0.29, 0.717) is 18.4 Å². The lowest BCUT2D eigenvalue weighted by molar-refractivity contribution is -0.145. The van der Waals surface area contributed by atoms with E-state index in [1.165, 1.54) is 37.7 Å². The number of ether oxygens (including phenoxy) is 2. The van der Waals surface area contributed by atoms with Crippen molar-refractivity contribution in [2.45, 2.75) is 52.2 Å². The summed E-state index contributed by atoms with van der Waals surface area (Å²) in [5.74, 6) is -2.45. The summed E-state index contributed by atoms with van der Waals surface area (Å²) in [6.45, 7) is 5.53. The second-order valence-electron chi connectivity index (χ2n) is 11.6. The molecule has 1 spiro atoms. The van der Waals surface area contributed by atoms with Gasteiger partial charge in [0.05, 0.1) is 25.0 Å². The molecule has 5 N–H and O–H groups in total. The van der Waals surface area contributed by atoms with Crippen LogP contribution >= 0.6 is 0 Å². The van der Waals surface area contributed by atoms with Gasteiger partial charge < -0.3 is 40.7 Å². The smallest absolute Gasteiger partial charge is 0.410 e. The Morgan fingerprint density at radius 1 is 1.05 bits per heavy atom. The van der Waals surface area contributed by atoms with Crippen LogP contribution in [-0.4, -0.2) is 116 Å². The third-order valence-electron chi connectivity index (χ3n) is 8.50. The summed E-state index contributed by atoms with van der Waals surface area (Å²) < 4.78 is 11.3. The molecule has 3 aliphatic carbocycles. The monoisotopic (exact) mass is 591 g/mol. The molecule has 0 aromatic heterocycles. The second kappa shape index (κ2) is 12.2. The third kappa shape index (κ3) is 6.33. The Hall–Kier alpha value is -3.78. The Morgan fingerprint density at radius 2 is 1.64 bits per heavy atom. The highest BCUT2D eigenvalue weighted by atomic mass is 16.6. The van der Waals surface area contributed by atoms with E-state index in [4.69, 9.17) is 15.2 Å². The van der Waals surface area contributed by atoms with E-state index in [2.05, 4.69) is 10.6 Å². The van der Waals surface area contributed by atoms with Crippen LogP contribution in [0, 0.1) is 10.8 Å². The number of nitrogens with one attached hydrogen (secondary N) is 2. The molecule has 0 saturated heterocycles. The maximum atomic E-state index is 13.4. The number of carbonyl (C=O) groups excluding carboxylic acids is 6. The molecule has 14 heteroatoms. The number of likely N-dealkylation sites (N-methyl/N-ethyl adjacent to an activating group) is 2. The Morgan fingerprint density at radius 3 is 2.21 bits per heavy atom. The first-order chi connectivity index (χ1) is 19.5. The number of aliphatic hydroxyl groups is 1. The van der Waals surface area contributed by atoms with Crippen LogP contribution in [0.15, 0.2) is 22.8 Å². The largest absolute Gasteiger partial charge is 0.465 e. The van der Waals surface area contributed by atoms with Gasteiger partial charge in [-0.05, 0) is 33.6 Å². The van der Waals surface area contributed by atoms with Crippen molar-refractivity contribution in [2.75, 3.05) is 53.4 Å². The lowest BCUT2D eigenvalue weighted by atomic mass is 9.67. The molecule has 3 atom stereocenters. The molecule has 3 aliphatic rings. The molecule has 0 aromatic rings. The fourth-order valence-corrected chi connectivity index (χ4v) is 5.53.